The minimum Gasteiger partial charge on any atom is -0.370 e. The van der Waals surface area contributed by atoms with Crippen LogP contribution in [0.3, 0.4) is 0 Å². The number of ether oxygens (including phenoxy) is 1. The van der Waals surface area contributed by atoms with Gasteiger partial charge in [0.2, 0.25) is 0 Å². The number of hydrogen-bond donors (Lipinski definition) is 1. The summed E-state index contributed by atoms with van der Waals surface area (Å²) in [7, 11) is 0. The Bertz CT molecular complexity index is 242. The fraction of sp³-hybridized carbons (Fsp3) is 1.00. The van der Waals surface area contributed by atoms with E-state index in [2.05, 4.69) is 37.9 Å². The molecule has 3 unspecified atom stereocenters. The second-order valence-electron chi connectivity index (χ2n) is 6.01. The molecule has 0 saturated carbocycles. The Labute approximate surface area is 99.5 Å². The van der Waals surface area contributed by atoms with Crippen molar-refractivity contribution in [1.82, 2.24) is 10.2 Å². The fourth-order valence-electron chi connectivity index (χ4n) is 3.32. The second kappa shape index (κ2) is 4.63. The molecular weight excluding hydrogens is 200 g/mol. The molecule has 2 heterocycles. The zero-order valence-electron chi connectivity index (χ0n) is 11.1. The first-order valence-electron chi connectivity index (χ1n) is 6.64. The van der Waals surface area contributed by atoms with E-state index in [-0.39, 0.29) is 5.60 Å². The molecule has 2 aliphatic heterocycles. The molecule has 94 valence electrons. The number of hydrogen-bond acceptors (Lipinski definition) is 3. The largest absolute Gasteiger partial charge is 0.370 e. The molecule has 16 heavy (non-hydrogen) atoms. The van der Waals surface area contributed by atoms with E-state index in [1.807, 2.05) is 0 Å². The number of morpholine rings is 1. The highest BCUT2D eigenvalue weighted by molar-refractivity contribution is 4.93. The molecule has 0 aromatic rings. The molecule has 2 rings (SSSR count). The van der Waals surface area contributed by atoms with Crippen molar-refractivity contribution in [3.8, 4) is 0 Å². The number of nitrogens with zero attached hydrogens (tertiary/aromatic N) is 1. The van der Waals surface area contributed by atoms with Crippen LogP contribution in [-0.4, -0.2) is 48.8 Å². The summed E-state index contributed by atoms with van der Waals surface area (Å²) in [6.45, 7) is 13.4. The molecule has 0 radical (unpaired) electrons. The molecule has 0 aromatic carbocycles. The maximum atomic E-state index is 5.97. The van der Waals surface area contributed by atoms with Gasteiger partial charge in [0.15, 0.2) is 0 Å². The first-order valence-corrected chi connectivity index (χ1v) is 6.64. The monoisotopic (exact) mass is 226 g/mol. The van der Waals surface area contributed by atoms with Gasteiger partial charge in [0.1, 0.15) is 0 Å². The Morgan fingerprint density at radius 2 is 2.12 bits per heavy atom. The molecule has 2 aliphatic rings. The Balaban J connectivity index is 2.03. The highest BCUT2D eigenvalue weighted by atomic mass is 16.5. The van der Waals surface area contributed by atoms with Gasteiger partial charge in [-0.3, -0.25) is 4.90 Å². The number of rotatable bonds is 2. The molecule has 2 fully saturated rings. The zero-order chi connectivity index (χ0) is 11.8. The van der Waals surface area contributed by atoms with Gasteiger partial charge in [0.25, 0.3) is 0 Å². The molecule has 0 spiro atoms. The van der Waals surface area contributed by atoms with Crippen LogP contribution in [0.2, 0.25) is 0 Å². The summed E-state index contributed by atoms with van der Waals surface area (Å²) in [6.07, 6.45) is 1.64. The first-order chi connectivity index (χ1) is 7.52. The van der Waals surface area contributed by atoms with Gasteiger partial charge < -0.3 is 10.1 Å². The topological polar surface area (TPSA) is 24.5 Å². The lowest BCUT2D eigenvalue weighted by Crippen LogP contribution is -2.56. The van der Waals surface area contributed by atoms with Gasteiger partial charge in [-0.25, -0.2) is 0 Å². The molecule has 3 heteroatoms. The van der Waals surface area contributed by atoms with Crippen LogP contribution in [0.25, 0.3) is 0 Å². The van der Waals surface area contributed by atoms with Gasteiger partial charge >= 0.3 is 0 Å². The summed E-state index contributed by atoms with van der Waals surface area (Å²) >= 11 is 0. The van der Waals surface area contributed by atoms with Crippen molar-refractivity contribution in [1.29, 1.82) is 0 Å². The van der Waals surface area contributed by atoms with E-state index in [1.165, 1.54) is 13.0 Å². The molecule has 2 saturated heterocycles. The van der Waals surface area contributed by atoms with Crippen molar-refractivity contribution >= 4 is 0 Å². The fourth-order valence-corrected chi connectivity index (χ4v) is 3.32. The third-order valence-corrected chi connectivity index (χ3v) is 3.89. The second-order valence-corrected chi connectivity index (χ2v) is 6.01. The Morgan fingerprint density at radius 1 is 1.38 bits per heavy atom. The summed E-state index contributed by atoms with van der Waals surface area (Å²) < 4.78 is 5.97. The van der Waals surface area contributed by atoms with E-state index in [1.54, 1.807) is 0 Å². The molecule has 3 nitrogen and oxygen atoms in total. The third kappa shape index (κ3) is 2.58. The van der Waals surface area contributed by atoms with Crippen LogP contribution >= 0.6 is 0 Å². The number of nitrogens with one attached hydrogen (secondary N) is 1. The maximum absolute atomic E-state index is 5.97. The van der Waals surface area contributed by atoms with Crippen molar-refractivity contribution in [2.24, 2.45) is 5.92 Å². The van der Waals surface area contributed by atoms with Gasteiger partial charge in [-0.2, -0.15) is 0 Å². The highest BCUT2D eigenvalue weighted by Gasteiger charge is 2.38. The molecule has 0 aliphatic carbocycles. The SMILES string of the molecule is CCC1CNCC1N1CC(C)OC(C)(C)C1. The molecular formula is C13H26N2O. The van der Waals surface area contributed by atoms with Gasteiger partial charge in [-0.1, -0.05) is 13.3 Å². The van der Waals surface area contributed by atoms with Crippen LogP contribution in [0.4, 0.5) is 0 Å². The summed E-state index contributed by atoms with van der Waals surface area (Å²) in [5.74, 6) is 0.820. The van der Waals surface area contributed by atoms with Crippen molar-refractivity contribution in [2.75, 3.05) is 26.2 Å². The van der Waals surface area contributed by atoms with E-state index in [9.17, 15) is 0 Å². The van der Waals surface area contributed by atoms with E-state index in [4.69, 9.17) is 4.74 Å². The Hall–Kier alpha value is -0.120. The molecule has 3 atom stereocenters. The molecule has 0 amide bonds. The Kier molecular flexibility index (Phi) is 3.57. The average Bonchev–Trinajstić information content (AvgIpc) is 2.61. The standard InChI is InChI=1S/C13H26N2O/c1-5-11-6-14-7-12(11)15-8-10(2)16-13(3,4)9-15/h10-12,14H,5-9H2,1-4H3. The van der Waals surface area contributed by atoms with E-state index in [0.29, 0.717) is 6.10 Å². The minimum atomic E-state index is 0.0124. The van der Waals surface area contributed by atoms with Crippen LogP contribution in [0.5, 0.6) is 0 Å². The molecule has 0 aromatic heterocycles. The predicted octanol–water partition coefficient (Wildman–Crippen LogP) is 1.48. The lowest BCUT2D eigenvalue weighted by molar-refractivity contribution is -0.139. The summed E-state index contributed by atoms with van der Waals surface area (Å²) in [6, 6.07) is 0.718. The smallest absolute Gasteiger partial charge is 0.0757 e. The lowest BCUT2D eigenvalue weighted by Gasteiger charge is -2.45. The van der Waals surface area contributed by atoms with Crippen LogP contribution in [-0.2, 0) is 4.74 Å². The van der Waals surface area contributed by atoms with Gasteiger partial charge in [0.05, 0.1) is 11.7 Å². The zero-order valence-corrected chi connectivity index (χ0v) is 11.1. The van der Waals surface area contributed by atoms with Crippen molar-refractivity contribution in [3.05, 3.63) is 0 Å². The van der Waals surface area contributed by atoms with Crippen molar-refractivity contribution in [3.63, 3.8) is 0 Å². The first kappa shape index (κ1) is 12.3. The van der Waals surface area contributed by atoms with Crippen LogP contribution < -0.4 is 5.32 Å². The van der Waals surface area contributed by atoms with Gasteiger partial charge in [0, 0.05) is 25.7 Å². The Morgan fingerprint density at radius 3 is 2.75 bits per heavy atom. The van der Waals surface area contributed by atoms with E-state index in [0.717, 1.165) is 31.6 Å². The quantitative estimate of drug-likeness (QED) is 0.772. The summed E-state index contributed by atoms with van der Waals surface area (Å²) in [4.78, 5) is 2.64. The van der Waals surface area contributed by atoms with Gasteiger partial charge in [-0.15, -0.1) is 0 Å². The van der Waals surface area contributed by atoms with Crippen molar-refractivity contribution in [2.45, 2.75) is 51.9 Å². The average molecular weight is 226 g/mol. The maximum Gasteiger partial charge on any atom is 0.0757 e. The summed E-state index contributed by atoms with van der Waals surface area (Å²) in [5.41, 5.74) is 0.0124. The third-order valence-electron chi connectivity index (χ3n) is 3.89. The van der Waals surface area contributed by atoms with Crippen molar-refractivity contribution < 1.29 is 4.74 Å². The predicted molar refractivity (Wildman–Crippen MR) is 66.6 cm³/mol. The lowest BCUT2D eigenvalue weighted by atomic mass is 9.96. The normalized spacial score (nSPS) is 40.1. The van der Waals surface area contributed by atoms with Crippen LogP contribution in [0.15, 0.2) is 0 Å². The highest BCUT2D eigenvalue weighted by Crippen LogP contribution is 2.27. The van der Waals surface area contributed by atoms with E-state index >= 15 is 0 Å². The van der Waals surface area contributed by atoms with Crippen LogP contribution in [0.1, 0.15) is 34.1 Å². The summed E-state index contributed by atoms with van der Waals surface area (Å²) in [5, 5.41) is 3.53. The molecule has 0 bridgehead atoms. The minimum absolute atomic E-state index is 0.0124. The van der Waals surface area contributed by atoms with E-state index < -0.39 is 0 Å². The van der Waals surface area contributed by atoms with Crippen LogP contribution in [0, 0.1) is 5.92 Å². The molecule has 1 N–H and O–H groups in total. The van der Waals surface area contributed by atoms with Gasteiger partial charge in [-0.05, 0) is 33.2 Å².